The summed E-state index contributed by atoms with van der Waals surface area (Å²) in [6.45, 7) is 5.89. The van der Waals surface area contributed by atoms with Crippen LogP contribution >= 0.6 is 0 Å². The van der Waals surface area contributed by atoms with Crippen LogP contribution < -0.4 is 0 Å². The molecule has 0 saturated heterocycles. The van der Waals surface area contributed by atoms with Crippen LogP contribution in [0.1, 0.15) is 35.1 Å². The summed E-state index contributed by atoms with van der Waals surface area (Å²) in [6, 6.07) is 14.9. The lowest BCUT2D eigenvalue weighted by molar-refractivity contribution is -0.147. The monoisotopic (exact) mass is 466 g/mol. The lowest BCUT2D eigenvalue weighted by Gasteiger charge is -2.39. The van der Waals surface area contributed by atoms with E-state index >= 15 is 0 Å². The molecular formula is C28H26N4O3. The van der Waals surface area contributed by atoms with Gasteiger partial charge in [0.1, 0.15) is 0 Å². The van der Waals surface area contributed by atoms with Crippen molar-refractivity contribution in [3.63, 3.8) is 0 Å². The molecule has 1 aliphatic heterocycles. The lowest BCUT2D eigenvalue weighted by Crippen LogP contribution is -2.44. The molecule has 0 amide bonds. The molecule has 2 aromatic carbocycles. The number of aromatic nitrogens is 3. The first kappa shape index (κ1) is 21.7. The molecule has 6 rings (SSSR count). The first-order chi connectivity index (χ1) is 17.0. The molecule has 3 heterocycles. The van der Waals surface area contributed by atoms with Gasteiger partial charge in [-0.2, -0.15) is 4.98 Å². The fourth-order valence-electron chi connectivity index (χ4n) is 5.42. The summed E-state index contributed by atoms with van der Waals surface area (Å²) >= 11 is 0. The van der Waals surface area contributed by atoms with Crippen LogP contribution in [0.2, 0.25) is 0 Å². The van der Waals surface area contributed by atoms with E-state index in [4.69, 9.17) is 14.6 Å². The maximum Gasteiger partial charge on any atom is 0.306 e. The molecule has 0 bridgehead atoms. The van der Waals surface area contributed by atoms with Crippen LogP contribution in [-0.4, -0.2) is 37.1 Å². The van der Waals surface area contributed by atoms with Crippen molar-refractivity contribution >= 4 is 5.97 Å². The molecule has 0 atom stereocenters. The SMILES string of the molecule is Cc1cc(-c2nc(-c3ccc4c(c3)CN([C@H]3C[C@H](C(=O)O)C3)C4)no2)cc(C)c1-c1ccncc1. The van der Waals surface area contributed by atoms with E-state index in [0.717, 1.165) is 53.7 Å². The molecule has 0 unspecified atom stereocenters. The fourth-order valence-corrected chi connectivity index (χ4v) is 5.42. The van der Waals surface area contributed by atoms with Gasteiger partial charge in [-0.3, -0.25) is 14.7 Å². The first-order valence-corrected chi connectivity index (χ1v) is 11.9. The summed E-state index contributed by atoms with van der Waals surface area (Å²) in [6.07, 6.45) is 5.09. The topological polar surface area (TPSA) is 92.4 Å². The van der Waals surface area contributed by atoms with Gasteiger partial charge in [0.25, 0.3) is 5.89 Å². The number of carboxylic acid groups (broad SMARTS) is 1. The van der Waals surface area contributed by atoms with Gasteiger partial charge in [0, 0.05) is 42.7 Å². The van der Waals surface area contributed by atoms with E-state index in [-0.39, 0.29) is 5.92 Å². The highest BCUT2D eigenvalue weighted by Gasteiger charge is 2.39. The zero-order valence-corrected chi connectivity index (χ0v) is 19.7. The van der Waals surface area contributed by atoms with Crippen molar-refractivity contribution in [3.05, 3.63) is 77.1 Å². The molecule has 1 saturated carbocycles. The predicted octanol–water partition coefficient (Wildman–Crippen LogP) is 5.26. The van der Waals surface area contributed by atoms with Gasteiger partial charge in [-0.05, 0) is 90.4 Å². The van der Waals surface area contributed by atoms with Gasteiger partial charge >= 0.3 is 5.97 Å². The number of benzene rings is 2. The zero-order valence-electron chi connectivity index (χ0n) is 19.7. The molecule has 1 fully saturated rings. The first-order valence-electron chi connectivity index (χ1n) is 11.9. The Balaban J connectivity index is 1.22. The highest BCUT2D eigenvalue weighted by Crippen LogP contribution is 2.38. The van der Waals surface area contributed by atoms with Gasteiger partial charge in [0.2, 0.25) is 5.82 Å². The Bertz CT molecular complexity index is 1400. The van der Waals surface area contributed by atoms with Gasteiger partial charge in [-0.25, -0.2) is 0 Å². The molecule has 7 heteroatoms. The molecule has 176 valence electrons. The van der Waals surface area contributed by atoms with E-state index < -0.39 is 5.97 Å². The average molecular weight is 467 g/mol. The smallest absolute Gasteiger partial charge is 0.306 e. The fraction of sp³-hybridized carbons (Fsp3) is 0.286. The highest BCUT2D eigenvalue weighted by molar-refractivity contribution is 5.75. The van der Waals surface area contributed by atoms with Crippen molar-refractivity contribution in [2.45, 2.75) is 45.8 Å². The summed E-state index contributed by atoms with van der Waals surface area (Å²) < 4.78 is 5.66. The van der Waals surface area contributed by atoms with Crippen LogP contribution in [0.25, 0.3) is 34.0 Å². The van der Waals surface area contributed by atoms with E-state index in [1.54, 1.807) is 12.4 Å². The minimum Gasteiger partial charge on any atom is -0.481 e. The number of hydrogen-bond acceptors (Lipinski definition) is 6. The van der Waals surface area contributed by atoms with E-state index in [1.165, 1.54) is 16.7 Å². The van der Waals surface area contributed by atoms with Crippen LogP contribution in [0, 0.1) is 19.8 Å². The molecular weight excluding hydrogens is 440 g/mol. The zero-order chi connectivity index (χ0) is 24.1. The number of pyridine rings is 1. The van der Waals surface area contributed by atoms with Crippen molar-refractivity contribution in [1.29, 1.82) is 0 Å². The van der Waals surface area contributed by atoms with Crippen molar-refractivity contribution < 1.29 is 14.4 Å². The number of fused-ring (bicyclic) bond motifs is 1. The summed E-state index contributed by atoms with van der Waals surface area (Å²) in [5, 5.41) is 13.4. The van der Waals surface area contributed by atoms with Crippen LogP contribution in [0.4, 0.5) is 0 Å². The van der Waals surface area contributed by atoms with Gasteiger partial charge in [-0.15, -0.1) is 0 Å². The predicted molar refractivity (Wildman–Crippen MR) is 131 cm³/mol. The quantitative estimate of drug-likeness (QED) is 0.429. The van der Waals surface area contributed by atoms with Crippen LogP contribution in [-0.2, 0) is 17.9 Å². The number of aryl methyl sites for hydroxylation is 2. The Hall–Kier alpha value is -3.84. The second kappa shape index (κ2) is 8.43. The van der Waals surface area contributed by atoms with Gasteiger partial charge in [0.05, 0.1) is 5.92 Å². The second-order valence-electron chi connectivity index (χ2n) is 9.69. The number of carboxylic acids is 1. The van der Waals surface area contributed by atoms with E-state index in [2.05, 4.69) is 53.2 Å². The number of nitrogens with zero attached hydrogens (tertiary/aromatic N) is 4. The summed E-state index contributed by atoms with van der Waals surface area (Å²) in [5.41, 5.74) is 8.99. The summed E-state index contributed by atoms with van der Waals surface area (Å²) in [7, 11) is 0. The normalized spacial score (nSPS) is 19.4. The lowest BCUT2D eigenvalue weighted by atomic mass is 9.79. The van der Waals surface area contributed by atoms with Crippen LogP contribution in [0.15, 0.2) is 59.4 Å². The molecule has 7 nitrogen and oxygen atoms in total. The number of rotatable bonds is 5. The maximum absolute atomic E-state index is 11.1. The third-order valence-corrected chi connectivity index (χ3v) is 7.36. The molecule has 4 aromatic rings. The largest absolute Gasteiger partial charge is 0.481 e. The van der Waals surface area contributed by atoms with E-state index in [9.17, 15) is 4.79 Å². The Labute approximate surface area is 203 Å². The van der Waals surface area contributed by atoms with Crippen molar-refractivity contribution in [1.82, 2.24) is 20.0 Å². The average Bonchev–Trinajstić information content (AvgIpc) is 3.45. The molecule has 0 spiro atoms. The Kier molecular flexibility index (Phi) is 5.22. The molecule has 2 aliphatic rings. The second-order valence-corrected chi connectivity index (χ2v) is 9.69. The van der Waals surface area contributed by atoms with E-state index in [0.29, 0.717) is 17.8 Å². The Morgan fingerprint density at radius 3 is 2.37 bits per heavy atom. The number of aliphatic carboxylic acids is 1. The number of hydrogen-bond donors (Lipinski definition) is 1. The van der Waals surface area contributed by atoms with Gasteiger partial charge in [0.15, 0.2) is 0 Å². The maximum atomic E-state index is 11.1. The minimum atomic E-state index is -0.675. The Morgan fingerprint density at radius 2 is 1.66 bits per heavy atom. The molecule has 0 radical (unpaired) electrons. The number of carbonyl (C=O) groups is 1. The summed E-state index contributed by atoms with van der Waals surface area (Å²) in [4.78, 5) is 22.3. The van der Waals surface area contributed by atoms with Gasteiger partial charge in [-0.1, -0.05) is 17.3 Å². The van der Waals surface area contributed by atoms with Crippen molar-refractivity contribution in [3.8, 4) is 34.0 Å². The molecule has 35 heavy (non-hydrogen) atoms. The van der Waals surface area contributed by atoms with Crippen molar-refractivity contribution in [2.75, 3.05) is 0 Å². The van der Waals surface area contributed by atoms with Gasteiger partial charge < -0.3 is 9.63 Å². The third-order valence-electron chi connectivity index (χ3n) is 7.36. The van der Waals surface area contributed by atoms with E-state index in [1.807, 2.05) is 18.2 Å². The van der Waals surface area contributed by atoms with Crippen LogP contribution in [0.5, 0.6) is 0 Å². The highest BCUT2D eigenvalue weighted by atomic mass is 16.5. The molecule has 1 aliphatic carbocycles. The minimum absolute atomic E-state index is 0.192. The third kappa shape index (κ3) is 3.91. The standard InChI is InChI=1S/C28H26N4O3/c1-16-9-21(10-17(2)25(16)18-5-7-29-8-6-18)27-30-26(31-35-27)19-3-4-20-14-32(15-23(20)11-19)24-12-22(13-24)28(33)34/h3-11,22,24H,12-15H2,1-2H3,(H,33,34)/t22-,24-. The van der Waals surface area contributed by atoms with Crippen molar-refractivity contribution in [2.24, 2.45) is 5.92 Å². The molecule has 2 aromatic heterocycles. The molecule has 1 N–H and O–H groups in total. The Morgan fingerprint density at radius 1 is 0.943 bits per heavy atom. The van der Waals surface area contributed by atoms with Crippen LogP contribution in [0.3, 0.4) is 0 Å². The summed E-state index contributed by atoms with van der Waals surface area (Å²) in [5.74, 6) is 0.210.